The third-order valence-corrected chi connectivity index (χ3v) is 4.60. The first kappa shape index (κ1) is 21.6. The number of nitrogens with zero attached hydrogens (tertiary/aromatic N) is 1. The van der Waals surface area contributed by atoms with Crippen molar-refractivity contribution in [3.05, 3.63) is 68.7 Å². The molecule has 1 aliphatic rings. The average Bonchev–Trinajstić information content (AvgIpc) is 2.74. The number of carbonyl (C=O) groups excluding carboxylic acids is 1. The van der Waals surface area contributed by atoms with Crippen molar-refractivity contribution in [1.82, 2.24) is 14.9 Å². The molecular weight excluding hydrogens is 405 g/mol. The summed E-state index contributed by atoms with van der Waals surface area (Å²) in [7, 11) is 0. The van der Waals surface area contributed by atoms with Crippen LogP contribution in [0.1, 0.15) is 11.8 Å². The smallest absolute Gasteiger partial charge is 0.407 e. The molecule has 0 aliphatic carbocycles. The van der Waals surface area contributed by atoms with Crippen molar-refractivity contribution in [2.75, 3.05) is 6.61 Å². The highest BCUT2D eigenvalue weighted by atomic mass is 19.1. The molecule has 1 amide bonds. The number of benzene rings is 1. The number of hydrogen-bond acceptors (Lipinski definition) is 8. The number of aliphatic hydroxyl groups excluding tert-OH is 3. The molecule has 162 valence electrons. The summed E-state index contributed by atoms with van der Waals surface area (Å²) < 4.78 is 24.8. The van der Waals surface area contributed by atoms with E-state index in [4.69, 9.17) is 9.47 Å². The van der Waals surface area contributed by atoms with Crippen LogP contribution < -0.4 is 16.6 Å². The number of amides is 1. The zero-order valence-corrected chi connectivity index (χ0v) is 15.5. The van der Waals surface area contributed by atoms with Gasteiger partial charge in [-0.15, -0.1) is 0 Å². The van der Waals surface area contributed by atoms with Gasteiger partial charge in [0.05, 0.1) is 12.8 Å². The molecule has 2 aromatic rings. The molecule has 0 radical (unpaired) electrons. The molecule has 0 saturated carbocycles. The number of aliphatic hydroxyl groups is 3. The predicted octanol–water partition coefficient (Wildman–Crippen LogP) is -1.42. The van der Waals surface area contributed by atoms with E-state index < -0.39 is 60.3 Å². The van der Waals surface area contributed by atoms with E-state index in [0.717, 1.165) is 0 Å². The van der Waals surface area contributed by atoms with Gasteiger partial charge in [0.2, 0.25) is 5.82 Å². The summed E-state index contributed by atoms with van der Waals surface area (Å²) in [5.41, 5.74) is -1.67. The third kappa shape index (κ3) is 4.57. The number of hydrogen-bond donors (Lipinski definition) is 5. The molecule has 12 heteroatoms. The largest absolute Gasteiger partial charge is 0.445 e. The van der Waals surface area contributed by atoms with Crippen molar-refractivity contribution < 1.29 is 34.0 Å². The Labute approximate surface area is 168 Å². The van der Waals surface area contributed by atoms with E-state index in [-0.39, 0.29) is 6.61 Å². The lowest BCUT2D eigenvalue weighted by Crippen LogP contribution is -2.63. The van der Waals surface area contributed by atoms with Gasteiger partial charge in [-0.25, -0.2) is 9.59 Å². The molecule has 0 spiro atoms. The van der Waals surface area contributed by atoms with Gasteiger partial charge in [0.1, 0.15) is 31.0 Å². The number of aromatic nitrogens is 2. The molecule has 0 bridgehead atoms. The third-order valence-electron chi connectivity index (χ3n) is 4.60. The summed E-state index contributed by atoms with van der Waals surface area (Å²) in [5.74, 6) is -1.32. The fraction of sp³-hybridized carbons (Fsp3) is 0.389. The standard InChI is InChI=1S/C18H20FN3O8/c19-10-6-22(17(27)21-15(10)26)16-12(14(25)13(24)11(7-23)30-16)20-18(28)29-8-9-4-2-1-3-5-9/h1-6,11-14,16,23-25H,7-8H2,(H,20,28)(H,21,26,27)/t11-,12-,13+,14-,16-/m0/s1. The highest BCUT2D eigenvalue weighted by molar-refractivity contribution is 5.67. The van der Waals surface area contributed by atoms with Gasteiger partial charge in [0, 0.05) is 0 Å². The van der Waals surface area contributed by atoms with Crippen LogP contribution in [0.5, 0.6) is 0 Å². The second kappa shape index (κ2) is 9.17. The van der Waals surface area contributed by atoms with Crippen LogP contribution in [0.15, 0.2) is 46.1 Å². The summed E-state index contributed by atoms with van der Waals surface area (Å²) in [5, 5.41) is 32.2. The normalized spacial score (nSPS) is 26.2. The first-order valence-electron chi connectivity index (χ1n) is 8.92. The second-order valence-corrected chi connectivity index (χ2v) is 6.60. The number of alkyl carbamates (subject to hydrolysis) is 1. The van der Waals surface area contributed by atoms with Crippen LogP contribution in [0, 0.1) is 5.82 Å². The van der Waals surface area contributed by atoms with E-state index in [1.807, 2.05) is 0 Å². The van der Waals surface area contributed by atoms with Gasteiger partial charge in [-0.2, -0.15) is 4.39 Å². The van der Waals surface area contributed by atoms with E-state index in [1.165, 1.54) is 0 Å². The Morgan fingerprint density at radius 3 is 2.60 bits per heavy atom. The van der Waals surface area contributed by atoms with Crippen LogP contribution >= 0.6 is 0 Å². The Morgan fingerprint density at radius 2 is 1.93 bits per heavy atom. The van der Waals surface area contributed by atoms with Gasteiger partial charge in [-0.3, -0.25) is 14.3 Å². The maximum Gasteiger partial charge on any atom is 0.407 e. The van der Waals surface area contributed by atoms with Crippen LogP contribution in [-0.4, -0.2) is 61.9 Å². The molecule has 1 saturated heterocycles. The Kier molecular flexibility index (Phi) is 6.62. The van der Waals surface area contributed by atoms with Crippen molar-refractivity contribution >= 4 is 6.09 Å². The van der Waals surface area contributed by atoms with Crippen LogP contribution in [0.2, 0.25) is 0 Å². The molecule has 2 heterocycles. The molecule has 30 heavy (non-hydrogen) atoms. The van der Waals surface area contributed by atoms with Crippen molar-refractivity contribution in [2.24, 2.45) is 0 Å². The van der Waals surface area contributed by atoms with E-state index in [1.54, 1.807) is 35.3 Å². The number of ether oxygens (including phenoxy) is 2. The molecule has 1 fully saturated rings. The minimum Gasteiger partial charge on any atom is -0.445 e. The minimum absolute atomic E-state index is 0.101. The van der Waals surface area contributed by atoms with Gasteiger partial charge in [-0.05, 0) is 5.56 Å². The van der Waals surface area contributed by atoms with Crippen molar-refractivity contribution in [3.63, 3.8) is 0 Å². The molecular formula is C18H20FN3O8. The second-order valence-electron chi connectivity index (χ2n) is 6.60. The number of rotatable bonds is 5. The maximum atomic E-state index is 13.7. The molecule has 5 atom stereocenters. The lowest BCUT2D eigenvalue weighted by atomic mass is 9.96. The quantitative estimate of drug-likeness (QED) is 0.390. The molecule has 1 aliphatic heterocycles. The van der Waals surface area contributed by atoms with Crippen molar-refractivity contribution in [3.8, 4) is 0 Å². The monoisotopic (exact) mass is 425 g/mol. The number of H-pyrrole nitrogens is 1. The Balaban J connectivity index is 1.84. The van der Waals surface area contributed by atoms with Gasteiger partial charge >= 0.3 is 11.8 Å². The fourth-order valence-corrected chi connectivity index (χ4v) is 3.04. The van der Waals surface area contributed by atoms with Crippen LogP contribution in [-0.2, 0) is 16.1 Å². The number of carbonyl (C=O) groups is 1. The fourth-order valence-electron chi connectivity index (χ4n) is 3.04. The van der Waals surface area contributed by atoms with Crippen LogP contribution in [0.25, 0.3) is 0 Å². The predicted molar refractivity (Wildman–Crippen MR) is 97.8 cm³/mol. The van der Waals surface area contributed by atoms with Gasteiger partial charge < -0.3 is 30.1 Å². The van der Waals surface area contributed by atoms with Crippen LogP contribution in [0.3, 0.4) is 0 Å². The minimum atomic E-state index is -1.72. The lowest BCUT2D eigenvalue weighted by Gasteiger charge is -2.42. The van der Waals surface area contributed by atoms with E-state index >= 15 is 0 Å². The first-order valence-corrected chi connectivity index (χ1v) is 8.92. The Morgan fingerprint density at radius 1 is 1.23 bits per heavy atom. The van der Waals surface area contributed by atoms with Crippen LogP contribution in [0.4, 0.5) is 9.18 Å². The van der Waals surface area contributed by atoms with E-state index in [0.29, 0.717) is 16.3 Å². The summed E-state index contributed by atoms with van der Waals surface area (Å²) in [6, 6.07) is 7.22. The first-order chi connectivity index (χ1) is 14.3. The number of nitrogens with one attached hydrogen (secondary N) is 2. The van der Waals surface area contributed by atoms with Gasteiger partial charge in [0.15, 0.2) is 6.23 Å². The molecule has 11 nitrogen and oxygen atoms in total. The molecule has 5 N–H and O–H groups in total. The lowest BCUT2D eigenvalue weighted by molar-refractivity contribution is -0.216. The number of aromatic amines is 1. The summed E-state index contributed by atoms with van der Waals surface area (Å²) in [4.78, 5) is 37.4. The van der Waals surface area contributed by atoms with E-state index in [9.17, 15) is 34.1 Å². The zero-order chi connectivity index (χ0) is 21.8. The number of halogens is 1. The Bertz CT molecular complexity index is 995. The van der Waals surface area contributed by atoms with Crippen molar-refractivity contribution in [2.45, 2.75) is 37.2 Å². The van der Waals surface area contributed by atoms with Crippen molar-refractivity contribution in [1.29, 1.82) is 0 Å². The molecule has 0 unspecified atom stereocenters. The highest BCUT2D eigenvalue weighted by Crippen LogP contribution is 2.27. The molecule has 1 aromatic heterocycles. The topological polar surface area (TPSA) is 163 Å². The summed E-state index contributed by atoms with van der Waals surface area (Å²) >= 11 is 0. The molecule has 3 rings (SSSR count). The maximum absolute atomic E-state index is 13.7. The molecule has 1 aromatic carbocycles. The zero-order valence-electron chi connectivity index (χ0n) is 15.5. The Hall–Kier alpha value is -3.06. The SMILES string of the molecule is O=C(N[C@H]1[C@H](O)[C@H](O)[C@H](CO)O[C@@H]1n1cc(F)c(=O)[nH]c1=O)OCc1ccccc1. The average molecular weight is 425 g/mol. The summed E-state index contributed by atoms with van der Waals surface area (Å²) in [6.07, 6.45) is -6.73. The van der Waals surface area contributed by atoms with Gasteiger partial charge in [0.25, 0.3) is 5.56 Å². The highest BCUT2D eigenvalue weighted by Gasteiger charge is 2.46. The summed E-state index contributed by atoms with van der Waals surface area (Å²) in [6.45, 7) is -0.837. The van der Waals surface area contributed by atoms with E-state index in [2.05, 4.69) is 5.32 Å². The van der Waals surface area contributed by atoms with Gasteiger partial charge in [-0.1, -0.05) is 30.3 Å².